The van der Waals surface area contributed by atoms with Crippen LogP contribution in [-0.2, 0) is 4.74 Å². The summed E-state index contributed by atoms with van der Waals surface area (Å²) in [6.45, 7) is 2.04. The number of carboxylic acids is 1. The first-order chi connectivity index (χ1) is 7.40. The van der Waals surface area contributed by atoms with E-state index in [1.54, 1.807) is 6.92 Å². The third-order valence-corrected chi connectivity index (χ3v) is 2.77. The van der Waals surface area contributed by atoms with Crippen molar-refractivity contribution < 1.29 is 19.4 Å². The summed E-state index contributed by atoms with van der Waals surface area (Å²) in [7, 11) is 0. The second kappa shape index (κ2) is 7.32. The van der Waals surface area contributed by atoms with Crippen LogP contribution in [0.4, 0.5) is 10.5 Å². The van der Waals surface area contributed by atoms with E-state index in [1.807, 2.05) is 0 Å². The molecule has 0 aromatic carbocycles. The molecule has 8 heteroatoms. The van der Waals surface area contributed by atoms with Crippen LogP contribution in [0.15, 0.2) is 5.38 Å². The average Bonchev–Trinajstić information content (AvgIpc) is 2.48. The van der Waals surface area contributed by atoms with Gasteiger partial charge in [-0.05, 0) is 6.92 Å². The van der Waals surface area contributed by atoms with Gasteiger partial charge in [0.15, 0.2) is 0 Å². The fourth-order valence-corrected chi connectivity index (χ4v) is 1.70. The Morgan fingerprint density at radius 3 is 2.31 bits per heavy atom. The maximum Gasteiger partial charge on any atom is 0.403 e. The number of carbonyl (C=O) groups excluding carboxylic acids is 1. The summed E-state index contributed by atoms with van der Waals surface area (Å²) in [6.07, 6.45) is 0. The van der Waals surface area contributed by atoms with Gasteiger partial charge in [0.25, 0.3) is 0 Å². The van der Waals surface area contributed by atoms with Crippen LogP contribution in [0.3, 0.4) is 0 Å². The van der Waals surface area contributed by atoms with Crippen LogP contribution >= 0.6 is 34.5 Å². The molecule has 0 saturated carbocycles. The normalized spacial score (nSPS) is 8.94. The highest BCUT2D eigenvalue weighted by Gasteiger charge is 2.12. The number of hydrogen-bond acceptors (Lipinski definition) is 5. The number of rotatable bonds is 2. The molecular weight excluding hydrogens is 277 g/mol. The van der Waals surface area contributed by atoms with Gasteiger partial charge in [-0.3, -0.25) is 0 Å². The molecule has 1 aromatic rings. The molecule has 90 valence electrons. The molecule has 0 radical (unpaired) electrons. The number of carboxylic acid groups (broad SMARTS) is 1. The van der Waals surface area contributed by atoms with Crippen molar-refractivity contribution in [2.75, 3.05) is 12.3 Å². The van der Waals surface area contributed by atoms with Crippen molar-refractivity contribution in [1.29, 1.82) is 0 Å². The molecule has 0 fully saturated rings. The number of carbonyl (C=O) groups is 2. The Morgan fingerprint density at radius 1 is 1.62 bits per heavy atom. The van der Waals surface area contributed by atoms with Crippen LogP contribution in [0.2, 0.25) is 5.02 Å². The summed E-state index contributed by atoms with van der Waals surface area (Å²) in [4.78, 5) is 20.0. The van der Waals surface area contributed by atoms with Crippen molar-refractivity contribution >= 4 is 51.6 Å². The van der Waals surface area contributed by atoms with E-state index in [2.05, 4.69) is 4.74 Å². The first-order valence-corrected chi connectivity index (χ1v) is 5.61. The maximum atomic E-state index is 10.3. The number of nitrogen functional groups attached to an aromatic ring is 1. The second-order valence-corrected chi connectivity index (χ2v) is 3.90. The monoisotopic (exact) mass is 285 g/mol. The van der Waals surface area contributed by atoms with Gasteiger partial charge in [0.1, 0.15) is 4.88 Å². The van der Waals surface area contributed by atoms with Gasteiger partial charge < -0.3 is 15.6 Å². The van der Waals surface area contributed by atoms with E-state index in [0.29, 0.717) is 11.6 Å². The third-order valence-electron chi connectivity index (χ3n) is 1.23. The average molecular weight is 286 g/mol. The van der Waals surface area contributed by atoms with Crippen LogP contribution in [-0.4, -0.2) is 23.1 Å². The van der Waals surface area contributed by atoms with Crippen LogP contribution in [0, 0.1) is 0 Å². The predicted molar refractivity (Wildman–Crippen MR) is 63.6 cm³/mol. The lowest BCUT2D eigenvalue weighted by Gasteiger charge is -1.89. The zero-order valence-electron chi connectivity index (χ0n) is 8.20. The van der Waals surface area contributed by atoms with Crippen LogP contribution < -0.4 is 5.73 Å². The Kier molecular flexibility index (Phi) is 6.87. The van der Waals surface area contributed by atoms with Crippen molar-refractivity contribution in [2.24, 2.45) is 0 Å². The lowest BCUT2D eigenvalue weighted by molar-refractivity contribution is 0.0703. The standard InChI is InChI=1S/C5H4ClNO2S.C3H5ClO2/c6-2-1-10-4(3(2)7)5(8)9;1-2-6-3(4)5/h1H,7H2,(H,8,9);2H2,1H3. The largest absolute Gasteiger partial charge is 0.477 e. The summed E-state index contributed by atoms with van der Waals surface area (Å²) < 4.78 is 4.17. The number of ether oxygens (including phenoxy) is 1. The van der Waals surface area contributed by atoms with Crippen molar-refractivity contribution in [2.45, 2.75) is 6.92 Å². The number of aromatic carboxylic acids is 1. The molecule has 3 N–H and O–H groups in total. The van der Waals surface area contributed by atoms with Crippen molar-refractivity contribution in [3.8, 4) is 0 Å². The number of hydrogen-bond donors (Lipinski definition) is 2. The molecule has 0 aliphatic heterocycles. The number of nitrogens with two attached hydrogens (primary N) is 1. The summed E-state index contributed by atoms with van der Waals surface area (Å²) in [5.41, 5.74) is 4.71. The van der Waals surface area contributed by atoms with Crippen molar-refractivity contribution in [1.82, 2.24) is 0 Å². The molecule has 0 aliphatic carbocycles. The van der Waals surface area contributed by atoms with E-state index >= 15 is 0 Å². The zero-order valence-corrected chi connectivity index (χ0v) is 10.5. The highest BCUT2D eigenvalue weighted by atomic mass is 35.5. The van der Waals surface area contributed by atoms with Crippen LogP contribution in [0.5, 0.6) is 0 Å². The Labute approximate surface area is 106 Å². The molecule has 5 nitrogen and oxygen atoms in total. The molecule has 0 spiro atoms. The molecule has 0 saturated heterocycles. The first-order valence-electron chi connectivity index (χ1n) is 3.98. The molecular formula is C8H9Cl2NO4S. The Bertz CT molecular complexity index is 380. The van der Waals surface area contributed by atoms with Gasteiger partial charge in [0.05, 0.1) is 17.3 Å². The van der Waals surface area contributed by atoms with Gasteiger partial charge in [-0.2, -0.15) is 0 Å². The summed E-state index contributed by atoms with van der Waals surface area (Å²) in [5.74, 6) is -1.03. The van der Waals surface area contributed by atoms with E-state index in [1.165, 1.54) is 5.38 Å². The van der Waals surface area contributed by atoms with Gasteiger partial charge in [-0.15, -0.1) is 11.3 Å². The first kappa shape index (κ1) is 15.0. The fourth-order valence-electron chi connectivity index (χ4n) is 0.625. The Balaban J connectivity index is 0.000000325. The molecule has 0 unspecified atom stereocenters. The zero-order chi connectivity index (χ0) is 12.7. The number of halogens is 2. The highest BCUT2D eigenvalue weighted by Crippen LogP contribution is 2.28. The Hall–Kier alpha value is -0.980. The van der Waals surface area contributed by atoms with Gasteiger partial charge in [-0.25, -0.2) is 9.59 Å². The highest BCUT2D eigenvalue weighted by molar-refractivity contribution is 7.13. The van der Waals surface area contributed by atoms with E-state index < -0.39 is 11.4 Å². The van der Waals surface area contributed by atoms with Crippen LogP contribution in [0.25, 0.3) is 0 Å². The van der Waals surface area contributed by atoms with Crippen molar-refractivity contribution in [3.05, 3.63) is 15.3 Å². The molecule has 0 atom stereocenters. The topological polar surface area (TPSA) is 89.6 Å². The van der Waals surface area contributed by atoms with Gasteiger partial charge in [-0.1, -0.05) is 11.6 Å². The lowest BCUT2D eigenvalue weighted by atomic mass is 10.4. The second-order valence-electron chi connectivity index (χ2n) is 2.30. The molecule has 0 aliphatic rings. The fraction of sp³-hybridized carbons (Fsp3) is 0.250. The molecule has 1 aromatic heterocycles. The molecule has 0 amide bonds. The van der Waals surface area contributed by atoms with Gasteiger partial charge in [0.2, 0.25) is 0 Å². The van der Waals surface area contributed by atoms with Gasteiger partial charge in [0, 0.05) is 17.0 Å². The minimum atomic E-state index is -1.03. The summed E-state index contributed by atoms with van der Waals surface area (Å²) >= 11 is 11.2. The summed E-state index contributed by atoms with van der Waals surface area (Å²) in [6, 6.07) is 0. The van der Waals surface area contributed by atoms with E-state index in [0.717, 1.165) is 11.3 Å². The van der Waals surface area contributed by atoms with E-state index in [4.69, 9.17) is 34.0 Å². The molecule has 1 rings (SSSR count). The molecule has 0 bridgehead atoms. The van der Waals surface area contributed by atoms with E-state index in [-0.39, 0.29) is 10.6 Å². The minimum Gasteiger partial charge on any atom is -0.477 e. The molecule has 1 heterocycles. The Morgan fingerprint density at radius 2 is 2.19 bits per heavy atom. The quantitative estimate of drug-likeness (QED) is 0.815. The lowest BCUT2D eigenvalue weighted by Crippen LogP contribution is -1.96. The SMILES string of the molecule is CCOC(=O)Cl.Nc1c(Cl)csc1C(=O)O. The maximum absolute atomic E-state index is 10.3. The molecule has 16 heavy (non-hydrogen) atoms. The predicted octanol–water partition coefficient (Wildman–Crippen LogP) is 3.06. The minimum absolute atomic E-state index is 0.102. The van der Waals surface area contributed by atoms with Crippen molar-refractivity contribution in [3.63, 3.8) is 0 Å². The number of anilines is 1. The van der Waals surface area contributed by atoms with E-state index in [9.17, 15) is 9.59 Å². The van der Waals surface area contributed by atoms with Crippen LogP contribution in [0.1, 0.15) is 16.6 Å². The summed E-state index contributed by atoms with van der Waals surface area (Å²) in [5, 5.41) is 10.3. The smallest absolute Gasteiger partial charge is 0.403 e. The van der Waals surface area contributed by atoms with Gasteiger partial charge >= 0.3 is 11.4 Å². The third kappa shape index (κ3) is 5.20. The number of thiophene rings is 1.